The highest BCUT2D eigenvalue weighted by Crippen LogP contribution is 2.25. The number of benzene rings is 2. The van der Waals surface area contributed by atoms with Crippen LogP contribution in [0, 0.1) is 12.7 Å². The molecule has 3 nitrogen and oxygen atoms in total. The maximum atomic E-state index is 13.1. The van der Waals surface area contributed by atoms with E-state index in [9.17, 15) is 9.18 Å². The van der Waals surface area contributed by atoms with E-state index in [2.05, 4.69) is 42.0 Å². The van der Waals surface area contributed by atoms with Gasteiger partial charge in [-0.2, -0.15) is 0 Å². The van der Waals surface area contributed by atoms with E-state index in [4.69, 9.17) is 0 Å². The third-order valence-corrected chi connectivity index (χ3v) is 4.82. The average Bonchev–Trinajstić information content (AvgIpc) is 3.20. The molecule has 3 aromatic rings. The minimum absolute atomic E-state index is 0.000700. The van der Waals surface area contributed by atoms with Crippen LogP contribution >= 0.6 is 0 Å². The molecule has 1 aliphatic heterocycles. The SMILES string of the molecule is Cc1ccc(-c2c[n+](CC(=O)c3ccc(F)cc3)c3n2CCC3)cc1. The van der Waals surface area contributed by atoms with Crippen molar-refractivity contribution < 1.29 is 13.8 Å². The van der Waals surface area contributed by atoms with E-state index in [1.165, 1.54) is 29.1 Å². The Hall–Kier alpha value is -2.75. The van der Waals surface area contributed by atoms with E-state index in [1.807, 2.05) is 4.57 Å². The van der Waals surface area contributed by atoms with Gasteiger partial charge in [0.25, 0.3) is 5.82 Å². The molecule has 0 saturated heterocycles. The van der Waals surface area contributed by atoms with Crippen LogP contribution in [0.4, 0.5) is 4.39 Å². The lowest BCUT2D eigenvalue weighted by Gasteiger charge is -2.00. The Labute approximate surface area is 146 Å². The van der Waals surface area contributed by atoms with E-state index in [0.717, 1.165) is 25.1 Å². The number of Topliss-reactive ketones (excluding diaryl/α,β-unsaturated/α-hetero) is 1. The van der Waals surface area contributed by atoms with Crippen LogP contribution in [0.25, 0.3) is 11.3 Å². The zero-order valence-electron chi connectivity index (χ0n) is 14.2. The standard InChI is InChI=1S/C21H20FN2O/c1-15-4-6-16(7-5-15)19-13-23(21-3-2-12-24(19)21)14-20(25)17-8-10-18(22)11-9-17/h4-11,13H,2-3,12,14H2,1H3/q+1. The number of hydrogen-bond donors (Lipinski definition) is 0. The number of aryl methyl sites for hydroxylation is 1. The summed E-state index contributed by atoms with van der Waals surface area (Å²) < 4.78 is 17.4. The lowest BCUT2D eigenvalue weighted by atomic mass is 10.1. The molecule has 0 spiro atoms. The van der Waals surface area contributed by atoms with Crippen molar-refractivity contribution in [2.24, 2.45) is 0 Å². The molecular weight excluding hydrogens is 315 g/mol. The second kappa shape index (κ2) is 6.28. The highest BCUT2D eigenvalue weighted by atomic mass is 19.1. The van der Waals surface area contributed by atoms with Gasteiger partial charge in [-0.15, -0.1) is 0 Å². The Kier molecular flexibility index (Phi) is 3.96. The van der Waals surface area contributed by atoms with Gasteiger partial charge in [0.15, 0.2) is 12.2 Å². The molecule has 25 heavy (non-hydrogen) atoms. The number of hydrogen-bond acceptors (Lipinski definition) is 1. The Morgan fingerprint density at radius 1 is 1.12 bits per heavy atom. The number of carbonyl (C=O) groups excluding carboxylic acids is 1. The van der Waals surface area contributed by atoms with Gasteiger partial charge in [-0.25, -0.2) is 13.5 Å². The summed E-state index contributed by atoms with van der Waals surface area (Å²) in [5.74, 6) is 0.863. The Morgan fingerprint density at radius 3 is 2.56 bits per heavy atom. The highest BCUT2D eigenvalue weighted by molar-refractivity contribution is 5.95. The zero-order valence-corrected chi connectivity index (χ0v) is 14.2. The summed E-state index contributed by atoms with van der Waals surface area (Å²) >= 11 is 0. The Bertz CT molecular complexity index is 924. The van der Waals surface area contributed by atoms with Gasteiger partial charge in [-0.3, -0.25) is 4.79 Å². The van der Waals surface area contributed by atoms with Crippen LogP contribution in [0.5, 0.6) is 0 Å². The largest absolute Gasteiger partial charge is 0.290 e. The van der Waals surface area contributed by atoms with Crippen molar-refractivity contribution in [3.8, 4) is 11.3 Å². The molecule has 0 aliphatic carbocycles. The minimum atomic E-state index is -0.324. The molecule has 0 N–H and O–H groups in total. The number of fused-ring (bicyclic) bond motifs is 1. The molecule has 0 atom stereocenters. The van der Waals surface area contributed by atoms with Crippen molar-refractivity contribution in [2.45, 2.75) is 32.9 Å². The molecule has 0 bridgehead atoms. The molecule has 0 unspecified atom stereocenters. The highest BCUT2D eigenvalue weighted by Gasteiger charge is 2.29. The number of nitrogens with zero attached hydrogens (tertiary/aromatic N) is 2. The van der Waals surface area contributed by atoms with Gasteiger partial charge in [-0.05, 0) is 37.6 Å². The van der Waals surface area contributed by atoms with Gasteiger partial charge >= 0.3 is 0 Å². The second-order valence-corrected chi connectivity index (χ2v) is 6.61. The molecule has 0 radical (unpaired) electrons. The summed E-state index contributed by atoms with van der Waals surface area (Å²) in [7, 11) is 0. The predicted octanol–water partition coefficient (Wildman–Crippen LogP) is 3.72. The van der Waals surface area contributed by atoms with Crippen LogP contribution in [0.3, 0.4) is 0 Å². The van der Waals surface area contributed by atoms with Gasteiger partial charge in [0, 0.05) is 11.1 Å². The van der Waals surface area contributed by atoms with Crippen molar-refractivity contribution in [2.75, 3.05) is 0 Å². The third-order valence-electron chi connectivity index (χ3n) is 4.82. The summed E-state index contributed by atoms with van der Waals surface area (Å²) in [4.78, 5) is 12.6. The van der Waals surface area contributed by atoms with Gasteiger partial charge < -0.3 is 0 Å². The van der Waals surface area contributed by atoms with Gasteiger partial charge in [0.2, 0.25) is 5.78 Å². The molecule has 4 rings (SSSR count). The van der Waals surface area contributed by atoms with Crippen LogP contribution in [-0.4, -0.2) is 10.4 Å². The van der Waals surface area contributed by atoms with Crippen molar-refractivity contribution in [3.63, 3.8) is 0 Å². The summed E-state index contributed by atoms with van der Waals surface area (Å²) in [6.45, 7) is 3.34. The summed E-state index contributed by atoms with van der Waals surface area (Å²) in [5, 5.41) is 0. The first-order chi connectivity index (χ1) is 12.1. The van der Waals surface area contributed by atoms with Gasteiger partial charge in [-0.1, -0.05) is 29.8 Å². The molecule has 0 amide bonds. The maximum Gasteiger partial charge on any atom is 0.257 e. The molecule has 1 aliphatic rings. The fraction of sp³-hybridized carbons (Fsp3) is 0.238. The molecule has 2 aromatic carbocycles. The van der Waals surface area contributed by atoms with E-state index < -0.39 is 0 Å². The topological polar surface area (TPSA) is 25.9 Å². The first-order valence-electron chi connectivity index (χ1n) is 8.59. The fourth-order valence-corrected chi connectivity index (χ4v) is 3.48. The van der Waals surface area contributed by atoms with Crippen molar-refractivity contribution >= 4 is 5.78 Å². The maximum absolute atomic E-state index is 13.1. The molecular formula is C21H20FN2O+. The molecule has 2 heterocycles. The number of rotatable bonds is 4. The van der Waals surface area contributed by atoms with E-state index >= 15 is 0 Å². The quantitative estimate of drug-likeness (QED) is 0.527. The zero-order chi connectivity index (χ0) is 17.4. The smallest absolute Gasteiger partial charge is 0.257 e. The number of ketones is 1. The number of halogens is 1. The van der Waals surface area contributed by atoms with Crippen LogP contribution in [0.15, 0.2) is 54.7 Å². The van der Waals surface area contributed by atoms with Crippen LogP contribution in [0.1, 0.15) is 28.2 Å². The molecule has 1 aromatic heterocycles. The molecule has 4 heteroatoms. The first kappa shape index (κ1) is 15.8. The van der Waals surface area contributed by atoms with Gasteiger partial charge in [0.1, 0.15) is 12.0 Å². The van der Waals surface area contributed by atoms with Crippen LogP contribution in [-0.2, 0) is 19.5 Å². The molecule has 0 fully saturated rings. The Balaban J connectivity index is 1.66. The summed E-state index contributed by atoms with van der Waals surface area (Å²) in [6.07, 6.45) is 4.14. The monoisotopic (exact) mass is 335 g/mol. The lowest BCUT2D eigenvalue weighted by molar-refractivity contribution is -0.689. The molecule has 126 valence electrons. The fourth-order valence-electron chi connectivity index (χ4n) is 3.48. The number of aromatic nitrogens is 2. The van der Waals surface area contributed by atoms with Crippen molar-refractivity contribution in [1.29, 1.82) is 0 Å². The lowest BCUT2D eigenvalue weighted by Crippen LogP contribution is -2.40. The van der Waals surface area contributed by atoms with Crippen LogP contribution < -0.4 is 4.57 Å². The van der Waals surface area contributed by atoms with Crippen molar-refractivity contribution in [3.05, 3.63) is 77.5 Å². The first-order valence-corrected chi connectivity index (χ1v) is 8.59. The number of carbonyl (C=O) groups is 1. The summed E-state index contributed by atoms with van der Waals surface area (Å²) in [6, 6.07) is 14.2. The second-order valence-electron chi connectivity index (χ2n) is 6.61. The summed E-state index contributed by atoms with van der Waals surface area (Å²) in [5.41, 5.74) is 4.10. The van der Waals surface area contributed by atoms with Crippen LogP contribution in [0.2, 0.25) is 0 Å². The normalized spacial score (nSPS) is 13.0. The van der Waals surface area contributed by atoms with E-state index in [-0.39, 0.29) is 18.1 Å². The van der Waals surface area contributed by atoms with Crippen molar-refractivity contribution in [1.82, 2.24) is 4.57 Å². The van der Waals surface area contributed by atoms with Gasteiger partial charge in [0.05, 0.1) is 13.0 Å². The predicted molar refractivity (Wildman–Crippen MR) is 93.9 cm³/mol. The average molecular weight is 335 g/mol. The number of imidazole rings is 1. The van der Waals surface area contributed by atoms with E-state index in [1.54, 1.807) is 12.1 Å². The Morgan fingerprint density at radius 2 is 1.84 bits per heavy atom. The minimum Gasteiger partial charge on any atom is -0.290 e. The van der Waals surface area contributed by atoms with E-state index in [0.29, 0.717) is 5.56 Å². The third kappa shape index (κ3) is 3.00. The molecule has 0 saturated carbocycles.